The van der Waals surface area contributed by atoms with Crippen molar-refractivity contribution in [2.45, 2.75) is 57.0 Å². The van der Waals surface area contributed by atoms with Gasteiger partial charge < -0.3 is 33.4 Å². The van der Waals surface area contributed by atoms with Crippen molar-refractivity contribution in [1.29, 1.82) is 5.26 Å². The first-order valence-corrected chi connectivity index (χ1v) is 16.4. The smallest absolute Gasteiger partial charge is 0.294 e. The number of likely N-dealkylation sites (N-methyl/N-ethyl adjacent to an activating group) is 1. The number of carbonyl (C=O) groups is 1. The van der Waals surface area contributed by atoms with Crippen molar-refractivity contribution < 1.29 is 38.4 Å². The van der Waals surface area contributed by atoms with Gasteiger partial charge in [0.25, 0.3) is 11.0 Å². The molecule has 1 aliphatic heterocycles. The summed E-state index contributed by atoms with van der Waals surface area (Å²) in [4.78, 5) is 30.2. The van der Waals surface area contributed by atoms with E-state index in [1.54, 1.807) is 26.3 Å². The molecule has 14 nitrogen and oxygen atoms in total. The number of rotatable bonds is 20. The van der Waals surface area contributed by atoms with E-state index < -0.39 is 16.1 Å². The van der Waals surface area contributed by atoms with Gasteiger partial charge in [-0.15, -0.1) is 10.1 Å². The fraction of sp³-hybridized carbons (Fsp3) is 0.600. The van der Waals surface area contributed by atoms with Crippen molar-refractivity contribution in [3.63, 3.8) is 0 Å². The van der Waals surface area contributed by atoms with Crippen LogP contribution in [-0.2, 0) is 26.2 Å². The fourth-order valence-electron chi connectivity index (χ4n) is 6.26. The third kappa shape index (κ3) is 10.3. The summed E-state index contributed by atoms with van der Waals surface area (Å²) in [6.07, 6.45) is 2.90. The van der Waals surface area contributed by atoms with Crippen LogP contribution in [0.25, 0.3) is 0 Å². The van der Waals surface area contributed by atoms with Gasteiger partial charge in [0.15, 0.2) is 11.5 Å². The van der Waals surface area contributed by atoms with E-state index in [1.807, 2.05) is 43.4 Å². The van der Waals surface area contributed by atoms with Crippen LogP contribution in [0.5, 0.6) is 23.0 Å². The maximum atomic E-state index is 12.0. The molecule has 14 heteroatoms. The maximum absolute atomic E-state index is 12.0. The molecule has 1 heterocycles. The summed E-state index contributed by atoms with van der Waals surface area (Å²) in [5, 5.41) is 22.6. The first-order chi connectivity index (χ1) is 23.5. The van der Waals surface area contributed by atoms with E-state index in [-0.39, 0.29) is 25.0 Å². The second-order valence-corrected chi connectivity index (χ2v) is 12.7. The standard InChI is InChI=1S/C35H51N5O9/c1-26(2)35(24-36,28-21-30(45-5)33(47-7)31(22-28)46-6)14-10-17-38(3)18-13-27-11-8-9-12-29(27)49-34(25-48-40(42)43)15-19-39(20-16-34)37-32(41)23-44-4/h8-9,11-12,21-22,26H,10,13-20,23,25H2,1-7H3,(H,37,41). The number of piperidine rings is 1. The largest absolute Gasteiger partial charge is 0.493 e. The van der Waals surface area contributed by atoms with Crippen LogP contribution in [-0.4, -0.2) is 101 Å². The monoisotopic (exact) mass is 685 g/mol. The van der Waals surface area contributed by atoms with Crippen molar-refractivity contribution in [2.24, 2.45) is 5.92 Å². The SMILES string of the molecule is COCC(=O)NN1CCC(CO[N+](=O)[O-])(Oc2ccccc2CCN(C)CCCC(C#N)(c2cc(OC)c(OC)c(OC)c2)C(C)C)CC1. The van der Waals surface area contributed by atoms with E-state index in [0.29, 0.717) is 61.8 Å². The number of nitriles is 1. The molecule has 3 rings (SSSR count). The van der Waals surface area contributed by atoms with Crippen LogP contribution in [0, 0.1) is 27.4 Å². The van der Waals surface area contributed by atoms with E-state index in [9.17, 15) is 20.2 Å². The Labute approximate surface area is 289 Å². The van der Waals surface area contributed by atoms with Crippen LogP contribution in [0.15, 0.2) is 36.4 Å². The Morgan fingerprint density at radius 2 is 1.73 bits per heavy atom. The van der Waals surface area contributed by atoms with Crippen molar-refractivity contribution in [3.05, 3.63) is 57.6 Å². The second-order valence-electron chi connectivity index (χ2n) is 12.7. The van der Waals surface area contributed by atoms with E-state index in [2.05, 4.69) is 30.2 Å². The highest BCUT2D eigenvalue weighted by atomic mass is 17.0. The highest BCUT2D eigenvalue weighted by Gasteiger charge is 2.40. The summed E-state index contributed by atoms with van der Waals surface area (Å²) in [5.41, 5.74) is 2.87. The van der Waals surface area contributed by atoms with Gasteiger partial charge in [0.05, 0.1) is 32.8 Å². The van der Waals surface area contributed by atoms with Crippen LogP contribution in [0.2, 0.25) is 0 Å². The molecule has 1 aliphatic rings. The molecule has 1 atom stereocenters. The average molecular weight is 686 g/mol. The van der Waals surface area contributed by atoms with Crippen molar-refractivity contribution in [2.75, 3.05) is 74.9 Å². The minimum absolute atomic E-state index is 0.0229. The number of methoxy groups -OCH3 is 4. The van der Waals surface area contributed by atoms with Gasteiger partial charge in [0.2, 0.25) is 5.75 Å². The molecule has 2 aromatic rings. The molecule has 0 saturated carbocycles. The predicted octanol–water partition coefficient (Wildman–Crippen LogP) is 4.18. The third-order valence-electron chi connectivity index (χ3n) is 9.20. The van der Waals surface area contributed by atoms with Crippen LogP contribution >= 0.6 is 0 Å². The molecule has 270 valence electrons. The quantitative estimate of drug-likeness (QED) is 0.157. The van der Waals surface area contributed by atoms with Gasteiger partial charge in [-0.25, -0.2) is 5.01 Å². The highest BCUT2D eigenvalue weighted by molar-refractivity contribution is 5.76. The molecule has 1 unspecified atom stereocenters. The lowest BCUT2D eigenvalue weighted by molar-refractivity contribution is -0.760. The molecule has 0 aromatic heterocycles. The maximum Gasteiger partial charge on any atom is 0.294 e. The van der Waals surface area contributed by atoms with E-state index in [4.69, 9.17) is 28.5 Å². The molecule has 1 N–H and O–H groups in total. The Morgan fingerprint density at radius 1 is 1.08 bits per heavy atom. The van der Waals surface area contributed by atoms with Crippen molar-refractivity contribution in [1.82, 2.24) is 15.3 Å². The number of benzene rings is 2. The van der Waals surface area contributed by atoms with Crippen molar-refractivity contribution >= 4 is 5.91 Å². The van der Waals surface area contributed by atoms with Gasteiger partial charge in [0.1, 0.15) is 24.6 Å². The lowest BCUT2D eigenvalue weighted by atomic mass is 9.69. The number of hydrogen-bond donors (Lipinski definition) is 1. The molecule has 1 fully saturated rings. The van der Waals surface area contributed by atoms with Crippen LogP contribution in [0.1, 0.15) is 50.7 Å². The lowest BCUT2D eigenvalue weighted by Crippen LogP contribution is -2.56. The van der Waals surface area contributed by atoms with Gasteiger partial charge in [0, 0.05) is 39.6 Å². The molecule has 1 saturated heterocycles. The molecule has 0 spiro atoms. The molecule has 2 aromatic carbocycles. The minimum atomic E-state index is -0.943. The molecule has 0 aliphatic carbocycles. The van der Waals surface area contributed by atoms with E-state index >= 15 is 0 Å². The average Bonchev–Trinajstić information content (AvgIpc) is 3.09. The number of ether oxygens (including phenoxy) is 5. The minimum Gasteiger partial charge on any atom is -0.493 e. The summed E-state index contributed by atoms with van der Waals surface area (Å²) in [5.74, 6) is 1.92. The zero-order valence-electron chi connectivity index (χ0n) is 29.8. The summed E-state index contributed by atoms with van der Waals surface area (Å²) < 4.78 is 28.1. The molecular weight excluding hydrogens is 634 g/mol. The zero-order chi connectivity index (χ0) is 36.0. The summed E-state index contributed by atoms with van der Waals surface area (Å²) in [7, 11) is 8.19. The van der Waals surface area contributed by atoms with Gasteiger partial charge in [-0.05, 0) is 68.1 Å². The van der Waals surface area contributed by atoms with E-state index in [0.717, 1.165) is 30.6 Å². The summed E-state index contributed by atoms with van der Waals surface area (Å²) in [6, 6.07) is 14.0. The van der Waals surface area contributed by atoms with Gasteiger partial charge in [-0.3, -0.25) is 10.2 Å². The molecule has 0 radical (unpaired) electrons. The van der Waals surface area contributed by atoms with E-state index in [1.165, 1.54) is 7.11 Å². The van der Waals surface area contributed by atoms with Gasteiger partial charge in [-0.2, -0.15) is 5.26 Å². The highest BCUT2D eigenvalue weighted by Crippen LogP contribution is 2.45. The van der Waals surface area contributed by atoms with Gasteiger partial charge in [-0.1, -0.05) is 32.0 Å². The number of hydrogen-bond acceptors (Lipinski definition) is 12. The van der Waals surface area contributed by atoms with Crippen LogP contribution in [0.4, 0.5) is 0 Å². The Kier molecular flexibility index (Phi) is 14.7. The fourth-order valence-corrected chi connectivity index (χ4v) is 6.26. The Balaban J connectivity index is 1.67. The number of carbonyl (C=O) groups excluding carboxylic acids is 1. The van der Waals surface area contributed by atoms with Gasteiger partial charge >= 0.3 is 0 Å². The predicted molar refractivity (Wildman–Crippen MR) is 182 cm³/mol. The molecule has 1 amide bonds. The molecule has 0 bridgehead atoms. The van der Waals surface area contributed by atoms with Crippen LogP contribution < -0.4 is 24.4 Å². The Bertz CT molecular complexity index is 1400. The third-order valence-corrected chi connectivity index (χ3v) is 9.20. The van der Waals surface area contributed by atoms with Crippen LogP contribution in [0.3, 0.4) is 0 Å². The molecule has 49 heavy (non-hydrogen) atoms. The Hall–Kier alpha value is -4.32. The first-order valence-electron chi connectivity index (χ1n) is 16.4. The number of para-hydroxylation sites is 1. The number of amides is 1. The normalized spacial score (nSPS) is 15.6. The topological polar surface area (TPSA) is 158 Å². The lowest BCUT2D eigenvalue weighted by Gasteiger charge is -2.41. The Morgan fingerprint density at radius 3 is 2.29 bits per heavy atom. The number of nitrogens with one attached hydrogen (secondary N) is 1. The zero-order valence-corrected chi connectivity index (χ0v) is 29.8. The second kappa shape index (κ2) is 18.4. The summed E-state index contributed by atoms with van der Waals surface area (Å²) in [6.45, 7) is 6.16. The number of hydrazine groups is 1. The number of nitrogens with zero attached hydrogens (tertiary/aromatic N) is 4. The first kappa shape index (κ1) is 39.1. The van der Waals surface area contributed by atoms with Crippen molar-refractivity contribution in [3.8, 4) is 29.1 Å². The molecular formula is C35H51N5O9. The summed E-state index contributed by atoms with van der Waals surface area (Å²) >= 11 is 0.